The molecule has 1 rings (SSSR count). The van der Waals surface area contributed by atoms with Crippen molar-refractivity contribution in [1.29, 1.82) is 0 Å². The molecule has 0 aliphatic rings. The lowest BCUT2D eigenvalue weighted by Crippen LogP contribution is -2.39. The van der Waals surface area contributed by atoms with Crippen molar-refractivity contribution in [3.63, 3.8) is 0 Å². The summed E-state index contributed by atoms with van der Waals surface area (Å²) >= 11 is 0. The standard InChI is InChI=1S/C14H20N2O3.ClH/c1-3-16(12-7-5-4-6-8-12)13(17)11-15(2)10-9-14(18)19;/h4-8H,3,9-11H2,1-2H3,(H,18,19);1H. The molecule has 0 fully saturated rings. The highest BCUT2D eigenvalue weighted by Gasteiger charge is 2.15. The third kappa shape index (κ3) is 6.04. The molecule has 0 saturated heterocycles. The molecular formula is C14H21ClN2O3. The van der Waals surface area contributed by atoms with Crippen LogP contribution in [0.3, 0.4) is 0 Å². The van der Waals surface area contributed by atoms with Gasteiger partial charge >= 0.3 is 5.97 Å². The zero-order chi connectivity index (χ0) is 14.3. The van der Waals surface area contributed by atoms with Crippen LogP contribution in [-0.2, 0) is 9.59 Å². The van der Waals surface area contributed by atoms with Gasteiger partial charge < -0.3 is 10.0 Å². The summed E-state index contributed by atoms with van der Waals surface area (Å²) in [6.07, 6.45) is 0.0429. The van der Waals surface area contributed by atoms with E-state index < -0.39 is 5.97 Å². The van der Waals surface area contributed by atoms with Gasteiger partial charge in [0.2, 0.25) is 5.91 Å². The van der Waals surface area contributed by atoms with E-state index in [4.69, 9.17) is 5.11 Å². The fourth-order valence-corrected chi connectivity index (χ4v) is 1.79. The average Bonchev–Trinajstić information content (AvgIpc) is 2.38. The number of aliphatic carboxylic acids is 1. The van der Waals surface area contributed by atoms with Gasteiger partial charge in [-0.25, -0.2) is 0 Å². The van der Waals surface area contributed by atoms with Crippen LogP contribution in [0.1, 0.15) is 13.3 Å². The Morgan fingerprint density at radius 3 is 2.30 bits per heavy atom. The minimum Gasteiger partial charge on any atom is -0.481 e. The van der Waals surface area contributed by atoms with Crippen LogP contribution in [0.2, 0.25) is 0 Å². The predicted molar refractivity (Wildman–Crippen MR) is 81.5 cm³/mol. The summed E-state index contributed by atoms with van der Waals surface area (Å²) in [7, 11) is 1.75. The number of hydrogen-bond donors (Lipinski definition) is 1. The second kappa shape index (κ2) is 9.34. The first-order valence-electron chi connectivity index (χ1n) is 6.30. The lowest BCUT2D eigenvalue weighted by atomic mass is 10.2. The Morgan fingerprint density at radius 1 is 1.20 bits per heavy atom. The van der Waals surface area contributed by atoms with Gasteiger partial charge in [-0.05, 0) is 26.1 Å². The van der Waals surface area contributed by atoms with E-state index in [-0.39, 0.29) is 31.3 Å². The van der Waals surface area contributed by atoms with Crippen molar-refractivity contribution in [3.8, 4) is 0 Å². The number of carboxylic acids is 1. The Labute approximate surface area is 125 Å². The van der Waals surface area contributed by atoms with Crippen LogP contribution in [0.25, 0.3) is 0 Å². The monoisotopic (exact) mass is 300 g/mol. The molecule has 1 aromatic rings. The summed E-state index contributed by atoms with van der Waals surface area (Å²) in [4.78, 5) is 26.1. The van der Waals surface area contributed by atoms with Crippen molar-refractivity contribution in [2.75, 3.05) is 31.6 Å². The number of benzene rings is 1. The molecule has 0 aromatic heterocycles. The van der Waals surface area contributed by atoms with Crippen LogP contribution in [0, 0.1) is 0 Å². The van der Waals surface area contributed by atoms with Crippen molar-refractivity contribution in [1.82, 2.24) is 4.90 Å². The number of carbonyl (C=O) groups is 2. The van der Waals surface area contributed by atoms with Gasteiger partial charge in [0.25, 0.3) is 0 Å². The Hall–Kier alpha value is -1.59. The summed E-state index contributed by atoms with van der Waals surface area (Å²) in [6.45, 7) is 3.10. The quantitative estimate of drug-likeness (QED) is 0.835. The molecule has 0 saturated carbocycles. The molecule has 1 N–H and O–H groups in total. The third-order valence-electron chi connectivity index (χ3n) is 2.80. The first-order chi connectivity index (χ1) is 9.04. The van der Waals surface area contributed by atoms with Gasteiger partial charge in [0.05, 0.1) is 13.0 Å². The van der Waals surface area contributed by atoms with E-state index >= 15 is 0 Å². The van der Waals surface area contributed by atoms with E-state index in [0.29, 0.717) is 13.1 Å². The molecule has 6 heteroatoms. The first-order valence-corrected chi connectivity index (χ1v) is 6.30. The number of carbonyl (C=O) groups excluding carboxylic acids is 1. The van der Waals surface area contributed by atoms with Crippen LogP contribution in [0.15, 0.2) is 30.3 Å². The van der Waals surface area contributed by atoms with Crippen molar-refractivity contribution < 1.29 is 14.7 Å². The minimum atomic E-state index is -0.852. The van der Waals surface area contributed by atoms with Crippen molar-refractivity contribution in [2.45, 2.75) is 13.3 Å². The molecule has 1 aromatic carbocycles. The number of carboxylic acid groups (broad SMARTS) is 1. The van der Waals surface area contributed by atoms with Crippen LogP contribution >= 0.6 is 12.4 Å². The van der Waals surface area contributed by atoms with E-state index in [1.165, 1.54) is 0 Å². The Bertz CT molecular complexity index is 426. The zero-order valence-corrected chi connectivity index (χ0v) is 12.6. The molecule has 5 nitrogen and oxygen atoms in total. The fraction of sp³-hybridized carbons (Fsp3) is 0.429. The summed E-state index contributed by atoms with van der Waals surface area (Å²) in [6, 6.07) is 9.46. The Balaban J connectivity index is 0.00000361. The van der Waals surface area contributed by atoms with Crippen LogP contribution in [-0.4, -0.2) is 48.6 Å². The number of para-hydroxylation sites is 1. The molecule has 112 valence electrons. The summed E-state index contributed by atoms with van der Waals surface area (Å²) in [5.74, 6) is -0.878. The van der Waals surface area contributed by atoms with Crippen molar-refractivity contribution in [2.24, 2.45) is 0 Å². The predicted octanol–water partition coefficient (Wildman–Crippen LogP) is 1.87. The van der Waals surface area contributed by atoms with Gasteiger partial charge in [0.1, 0.15) is 0 Å². The molecule has 0 bridgehead atoms. The number of hydrogen-bond acceptors (Lipinski definition) is 3. The number of anilines is 1. The van der Waals surface area contributed by atoms with Gasteiger partial charge in [0, 0.05) is 18.8 Å². The van der Waals surface area contributed by atoms with Crippen LogP contribution in [0.5, 0.6) is 0 Å². The van der Waals surface area contributed by atoms with Crippen LogP contribution in [0.4, 0.5) is 5.69 Å². The molecular weight excluding hydrogens is 280 g/mol. The molecule has 0 spiro atoms. The Morgan fingerprint density at radius 2 is 1.80 bits per heavy atom. The largest absolute Gasteiger partial charge is 0.481 e. The minimum absolute atomic E-state index is 0. The number of likely N-dealkylation sites (N-methyl/N-ethyl adjacent to an activating group) is 2. The summed E-state index contributed by atoms with van der Waals surface area (Å²) in [5, 5.41) is 8.61. The summed E-state index contributed by atoms with van der Waals surface area (Å²) < 4.78 is 0. The second-order valence-electron chi connectivity index (χ2n) is 4.36. The number of nitrogens with zero attached hydrogens (tertiary/aromatic N) is 2. The number of amides is 1. The van der Waals surface area contributed by atoms with E-state index in [1.807, 2.05) is 37.3 Å². The maximum atomic E-state index is 12.2. The van der Waals surface area contributed by atoms with Gasteiger partial charge in [-0.2, -0.15) is 0 Å². The second-order valence-corrected chi connectivity index (χ2v) is 4.36. The maximum Gasteiger partial charge on any atom is 0.304 e. The molecule has 20 heavy (non-hydrogen) atoms. The molecule has 0 heterocycles. The Kier molecular flexibility index (Phi) is 8.59. The van der Waals surface area contributed by atoms with E-state index in [0.717, 1.165) is 5.69 Å². The molecule has 0 aliphatic carbocycles. The van der Waals surface area contributed by atoms with Gasteiger partial charge in [-0.1, -0.05) is 18.2 Å². The van der Waals surface area contributed by atoms with Crippen molar-refractivity contribution in [3.05, 3.63) is 30.3 Å². The highest BCUT2D eigenvalue weighted by atomic mass is 35.5. The smallest absolute Gasteiger partial charge is 0.304 e. The van der Waals surface area contributed by atoms with E-state index in [9.17, 15) is 9.59 Å². The highest BCUT2D eigenvalue weighted by molar-refractivity contribution is 5.94. The van der Waals surface area contributed by atoms with Gasteiger partial charge in [0.15, 0.2) is 0 Å². The average molecular weight is 301 g/mol. The van der Waals surface area contributed by atoms with Crippen molar-refractivity contribution >= 4 is 30.0 Å². The normalized spacial score (nSPS) is 9.95. The zero-order valence-electron chi connectivity index (χ0n) is 11.8. The molecule has 1 amide bonds. The topological polar surface area (TPSA) is 60.9 Å². The van der Waals surface area contributed by atoms with Gasteiger partial charge in [-0.15, -0.1) is 12.4 Å². The SMILES string of the molecule is CCN(C(=O)CN(C)CCC(=O)O)c1ccccc1.Cl. The lowest BCUT2D eigenvalue weighted by molar-refractivity contribution is -0.137. The summed E-state index contributed by atoms with van der Waals surface area (Å²) in [5.41, 5.74) is 0.863. The lowest BCUT2D eigenvalue weighted by Gasteiger charge is -2.24. The molecule has 0 aliphatic heterocycles. The molecule has 0 radical (unpaired) electrons. The molecule has 0 atom stereocenters. The maximum absolute atomic E-state index is 12.2. The molecule has 0 unspecified atom stereocenters. The number of halogens is 1. The third-order valence-corrected chi connectivity index (χ3v) is 2.80. The van der Waals surface area contributed by atoms with Gasteiger partial charge in [-0.3, -0.25) is 14.5 Å². The van der Waals surface area contributed by atoms with E-state index in [2.05, 4.69) is 0 Å². The number of rotatable bonds is 7. The van der Waals surface area contributed by atoms with Crippen LogP contribution < -0.4 is 4.90 Å². The van der Waals surface area contributed by atoms with E-state index in [1.54, 1.807) is 16.8 Å². The highest BCUT2D eigenvalue weighted by Crippen LogP contribution is 2.13. The first kappa shape index (κ1) is 18.4. The fourth-order valence-electron chi connectivity index (χ4n) is 1.79.